The smallest absolute Gasteiger partial charge is 0.312 e. The molecule has 0 aliphatic rings. The Bertz CT molecular complexity index is 965. The third-order valence-corrected chi connectivity index (χ3v) is 5.52. The number of rotatable bonds is 7. The summed E-state index contributed by atoms with van der Waals surface area (Å²) in [5, 5.41) is 2.72. The zero-order valence-electron chi connectivity index (χ0n) is 16.8. The van der Waals surface area contributed by atoms with E-state index in [2.05, 4.69) is 31.0 Å². The lowest BCUT2D eigenvalue weighted by molar-refractivity contribution is -0.147. The number of ether oxygens (including phenoxy) is 1. The zero-order chi connectivity index (χ0) is 20.8. The van der Waals surface area contributed by atoms with E-state index in [4.69, 9.17) is 4.74 Å². The highest BCUT2D eigenvalue weighted by molar-refractivity contribution is 7.13. The summed E-state index contributed by atoms with van der Waals surface area (Å²) in [6, 6.07) is 17.5. The van der Waals surface area contributed by atoms with Crippen molar-refractivity contribution in [2.24, 2.45) is 0 Å². The van der Waals surface area contributed by atoms with Crippen molar-refractivity contribution in [2.45, 2.75) is 26.2 Å². The number of amides is 1. The van der Waals surface area contributed by atoms with E-state index in [0.29, 0.717) is 11.6 Å². The Hall–Kier alpha value is -2.99. The second kappa shape index (κ2) is 9.47. The van der Waals surface area contributed by atoms with Gasteiger partial charge in [-0.1, -0.05) is 56.3 Å². The predicted molar refractivity (Wildman–Crippen MR) is 116 cm³/mol. The lowest BCUT2D eigenvalue weighted by Gasteiger charge is -2.16. The van der Waals surface area contributed by atoms with Crippen LogP contribution in [0.5, 0.6) is 0 Å². The molecular formula is C23H24N2O3S. The molecule has 0 aliphatic heterocycles. The molecule has 6 heteroatoms. The van der Waals surface area contributed by atoms with Crippen LogP contribution < -0.4 is 4.90 Å². The van der Waals surface area contributed by atoms with E-state index in [0.717, 1.165) is 16.3 Å². The maximum atomic E-state index is 12.2. The van der Waals surface area contributed by atoms with E-state index in [-0.39, 0.29) is 18.9 Å². The number of para-hydroxylation sites is 1. The molecule has 1 amide bonds. The van der Waals surface area contributed by atoms with E-state index in [9.17, 15) is 9.59 Å². The molecule has 1 aromatic heterocycles. The number of benzene rings is 2. The number of hydrogen-bond acceptors (Lipinski definition) is 5. The largest absolute Gasteiger partial charge is 0.455 e. The molecule has 29 heavy (non-hydrogen) atoms. The maximum absolute atomic E-state index is 12.2. The Kier molecular flexibility index (Phi) is 6.77. The van der Waals surface area contributed by atoms with Gasteiger partial charge < -0.3 is 9.64 Å². The summed E-state index contributed by atoms with van der Waals surface area (Å²) >= 11 is 1.49. The van der Waals surface area contributed by atoms with Crippen LogP contribution in [0.2, 0.25) is 0 Å². The average molecular weight is 409 g/mol. The van der Waals surface area contributed by atoms with Crippen molar-refractivity contribution in [3.8, 4) is 10.6 Å². The minimum atomic E-state index is -0.466. The molecule has 1 heterocycles. The number of thiazole rings is 1. The SMILES string of the molecule is CC(C)c1ccc(-c2nc(CC(=O)OCC(=O)N(C)c3ccccc3)cs2)cc1. The summed E-state index contributed by atoms with van der Waals surface area (Å²) in [6.45, 7) is 4.02. The molecule has 0 saturated heterocycles. The average Bonchev–Trinajstić information content (AvgIpc) is 3.20. The summed E-state index contributed by atoms with van der Waals surface area (Å²) in [7, 11) is 1.66. The predicted octanol–water partition coefficient (Wildman–Crippen LogP) is 4.68. The number of esters is 1. The zero-order valence-corrected chi connectivity index (χ0v) is 17.6. The minimum absolute atomic E-state index is 0.0446. The minimum Gasteiger partial charge on any atom is -0.455 e. The van der Waals surface area contributed by atoms with Gasteiger partial charge in [-0.15, -0.1) is 11.3 Å². The van der Waals surface area contributed by atoms with Gasteiger partial charge in [0.15, 0.2) is 6.61 Å². The quantitative estimate of drug-likeness (QED) is 0.533. The van der Waals surface area contributed by atoms with Crippen LogP contribution in [0.1, 0.15) is 31.0 Å². The summed E-state index contributed by atoms with van der Waals surface area (Å²) in [6.07, 6.45) is 0.0446. The highest BCUT2D eigenvalue weighted by Crippen LogP contribution is 2.26. The van der Waals surface area contributed by atoms with Gasteiger partial charge in [0, 0.05) is 23.7 Å². The molecule has 3 aromatic rings. The lowest BCUT2D eigenvalue weighted by atomic mass is 10.0. The summed E-state index contributed by atoms with van der Waals surface area (Å²) < 4.78 is 5.14. The van der Waals surface area contributed by atoms with Crippen LogP contribution in [-0.4, -0.2) is 30.5 Å². The maximum Gasteiger partial charge on any atom is 0.312 e. The van der Waals surface area contributed by atoms with Crippen LogP contribution in [0.3, 0.4) is 0 Å². The molecule has 0 bridgehead atoms. The molecule has 3 rings (SSSR count). The van der Waals surface area contributed by atoms with E-state index in [1.54, 1.807) is 7.05 Å². The molecule has 0 unspecified atom stereocenters. The van der Waals surface area contributed by atoms with Gasteiger partial charge in [-0.3, -0.25) is 9.59 Å². The molecule has 0 radical (unpaired) electrons. The number of carbonyl (C=O) groups is 2. The Morgan fingerprint density at radius 1 is 1.07 bits per heavy atom. The monoisotopic (exact) mass is 408 g/mol. The molecule has 2 aromatic carbocycles. The van der Waals surface area contributed by atoms with E-state index < -0.39 is 5.97 Å². The topological polar surface area (TPSA) is 59.5 Å². The number of hydrogen-bond donors (Lipinski definition) is 0. The first-order valence-electron chi connectivity index (χ1n) is 9.46. The molecule has 0 saturated carbocycles. The molecule has 150 valence electrons. The van der Waals surface area contributed by atoms with Gasteiger partial charge >= 0.3 is 5.97 Å². The first-order valence-corrected chi connectivity index (χ1v) is 10.3. The molecule has 0 N–H and O–H groups in total. The molecule has 5 nitrogen and oxygen atoms in total. The summed E-state index contributed by atoms with van der Waals surface area (Å²) in [5.41, 5.74) is 3.70. The van der Waals surface area contributed by atoms with Gasteiger partial charge in [0.25, 0.3) is 5.91 Å². The van der Waals surface area contributed by atoms with Crippen LogP contribution >= 0.6 is 11.3 Å². The molecule has 0 spiro atoms. The Labute approximate surface area is 175 Å². The third kappa shape index (κ3) is 5.51. The van der Waals surface area contributed by atoms with E-state index >= 15 is 0 Å². The van der Waals surface area contributed by atoms with E-state index in [1.807, 2.05) is 47.8 Å². The Balaban J connectivity index is 1.53. The normalized spacial score (nSPS) is 10.8. The third-order valence-electron chi connectivity index (χ3n) is 4.58. The second-order valence-corrected chi connectivity index (χ2v) is 7.90. The van der Waals surface area contributed by atoms with Gasteiger partial charge in [0.1, 0.15) is 5.01 Å². The van der Waals surface area contributed by atoms with Crippen LogP contribution in [0.4, 0.5) is 5.69 Å². The number of anilines is 1. The number of carbonyl (C=O) groups excluding carboxylic acids is 2. The van der Waals surface area contributed by atoms with Crippen molar-refractivity contribution in [1.29, 1.82) is 0 Å². The van der Waals surface area contributed by atoms with E-state index in [1.165, 1.54) is 21.8 Å². The second-order valence-electron chi connectivity index (χ2n) is 7.05. The Morgan fingerprint density at radius 2 is 1.76 bits per heavy atom. The van der Waals surface area contributed by atoms with Gasteiger partial charge in [0.2, 0.25) is 0 Å². The van der Waals surface area contributed by atoms with Crippen molar-refractivity contribution in [2.75, 3.05) is 18.6 Å². The van der Waals surface area contributed by atoms with Crippen molar-refractivity contribution in [3.05, 3.63) is 71.2 Å². The first kappa shape index (κ1) is 20.7. The lowest BCUT2D eigenvalue weighted by Crippen LogP contribution is -2.31. The summed E-state index contributed by atoms with van der Waals surface area (Å²) in [4.78, 5) is 30.3. The fourth-order valence-electron chi connectivity index (χ4n) is 2.76. The van der Waals surface area contributed by atoms with Gasteiger partial charge in [-0.2, -0.15) is 0 Å². The van der Waals surface area contributed by atoms with Gasteiger partial charge in [-0.05, 0) is 23.6 Å². The molecule has 0 fully saturated rings. The molecule has 0 atom stereocenters. The number of likely N-dealkylation sites (N-methyl/N-ethyl adjacent to an activating group) is 1. The standard InChI is InChI=1S/C23H24N2O3S/c1-16(2)17-9-11-18(12-10-17)23-24-19(15-29-23)13-22(27)28-14-21(26)25(3)20-7-5-4-6-8-20/h4-12,15-16H,13-14H2,1-3H3. The van der Waals surface area contributed by atoms with Crippen molar-refractivity contribution < 1.29 is 14.3 Å². The fraction of sp³-hybridized carbons (Fsp3) is 0.261. The van der Waals surface area contributed by atoms with Crippen LogP contribution in [0.25, 0.3) is 10.6 Å². The fourth-order valence-corrected chi connectivity index (χ4v) is 3.59. The highest BCUT2D eigenvalue weighted by atomic mass is 32.1. The van der Waals surface area contributed by atoms with Crippen molar-refractivity contribution in [1.82, 2.24) is 4.98 Å². The van der Waals surface area contributed by atoms with Crippen LogP contribution in [-0.2, 0) is 20.7 Å². The van der Waals surface area contributed by atoms with Crippen LogP contribution in [0, 0.1) is 0 Å². The number of aromatic nitrogens is 1. The first-order chi connectivity index (χ1) is 13.9. The van der Waals surface area contributed by atoms with Crippen molar-refractivity contribution in [3.63, 3.8) is 0 Å². The highest BCUT2D eigenvalue weighted by Gasteiger charge is 2.15. The molecule has 0 aliphatic carbocycles. The molecular weight excluding hydrogens is 384 g/mol. The Morgan fingerprint density at radius 3 is 2.41 bits per heavy atom. The van der Waals surface area contributed by atoms with Crippen LogP contribution in [0.15, 0.2) is 60.0 Å². The van der Waals surface area contributed by atoms with Gasteiger partial charge in [0.05, 0.1) is 12.1 Å². The number of nitrogens with zero attached hydrogens (tertiary/aromatic N) is 2. The van der Waals surface area contributed by atoms with Crippen molar-refractivity contribution >= 4 is 28.9 Å². The summed E-state index contributed by atoms with van der Waals surface area (Å²) in [5.74, 6) is -0.269. The van der Waals surface area contributed by atoms with Gasteiger partial charge in [-0.25, -0.2) is 4.98 Å².